The van der Waals surface area contributed by atoms with E-state index in [1.807, 2.05) is 5.38 Å². The van der Waals surface area contributed by atoms with Crippen molar-refractivity contribution in [3.05, 3.63) is 81.3 Å². The lowest BCUT2D eigenvalue weighted by molar-refractivity contribution is 0.102. The molecule has 2 N–H and O–H groups in total. The van der Waals surface area contributed by atoms with Gasteiger partial charge in [0, 0.05) is 15.9 Å². The zero-order chi connectivity index (χ0) is 22.7. The minimum atomic E-state index is -3.92. The summed E-state index contributed by atoms with van der Waals surface area (Å²) in [5.74, 6) is -0.668. The maximum absolute atomic E-state index is 13.0. The van der Waals surface area contributed by atoms with Gasteiger partial charge in [-0.1, -0.05) is 12.1 Å². The number of halogens is 1. The van der Waals surface area contributed by atoms with Crippen LogP contribution in [0.15, 0.2) is 63.9 Å². The third-order valence-corrected chi connectivity index (χ3v) is 7.61. The molecule has 32 heavy (non-hydrogen) atoms. The number of nitrogens with one attached hydrogen (secondary N) is 2. The summed E-state index contributed by atoms with van der Waals surface area (Å²) in [5, 5.41) is 8.82. The van der Waals surface area contributed by atoms with Crippen LogP contribution in [0.5, 0.6) is 0 Å². The summed E-state index contributed by atoms with van der Waals surface area (Å²) < 4.78 is 37.7. The maximum atomic E-state index is 13.0. The van der Waals surface area contributed by atoms with Crippen LogP contribution >= 0.6 is 11.3 Å². The van der Waals surface area contributed by atoms with Gasteiger partial charge in [0.1, 0.15) is 5.82 Å². The van der Waals surface area contributed by atoms with Gasteiger partial charge in [-0.3, -0.25) is 4.79 Å². The minimum Gasteiger partial charge on any atom is -0.322 e. The number of hydrogen-bond donors (Lipinski definition) is 2. The van der Waals surface area contributed by atoms with Gasteiger partial charge in [0.05, 0.1) is 16.2 Å². The molecule has 0 radical (unpaired) electrons. The van der Waals surface area contributed by atoms with E-state index in [2.05, 4.69) is 15.2 Å². The topological polar surface area (TPSA) is 87.6 Å². The van der Waals surface area contributed by atoms with E-state index in [-0.39, 0.29) is 10.8 Å². The zero-order valence-electron chi connectivity index (χ0n) is 17.4. The van der Waals surface area contributed by atoms with E-state index in [0.717, 1.165) is 42.5 Å². The Bertz CT molecular complexity index is 1280. The van der Waals surface area contributed by atoms with Crippen LogP contribution in [-0.2, 0) is 22.9 Å². The highest BCUT2D eigenvalue weighted by atomic mass is 32.2. The number of amides is 1. The normalized spacial score (nSPS) is 14.0. The average molecular weight is 472 g/mol. The van der Waals surface area contributed by atoms with E-state index in [9.17, 15) is 17.6 Å². The second-order valence-corrected chi connectivity index (χ2v) is 10.2. The van der Waals surface area contributed by atoms with E-state index in [1.165, 1.54) is 23.4 Å². The van der Waals surface area contributed by atoms with E-state index in [1.54, 1.807) is 42.5 Å². The maximum Gasteiger partial charge on any atom is 0.276 e. The molecule has 0 spiro atoms. The second kappa shape index (κ2) is 9.22. The van der Waals surface area contributed by atoms with Gasteiger partial charge in [-0.2, -0.15) is 18.4 Å². The Balaban J connectivity index is 1.48. The number of carbonyl (C=O) groups excluding carboxylic acids is 1. The second-order valence-electron chi connectivity index (χ2n) is 7.54. The Morgan fingerprint density at radius 1 is 1.09 bits per heavy atom. The van der Waals surface area contributed by atoms with Crippen molar-refractivity contribution in [3.8, 4) is 0 Å². The van der Waals surface area contributed by atoms with Crippen LogP contribution in [0.4, 0.5) is 10.1 Å². The lowest BCUT2D eigenvalue weighted by Gasteiger charge is -2.13. The first-order chi connectivity index (χ1) is 15.3. The Kier molecular flexibility index (Phi) is 6.38. The Hall–Kier alpha value is -3.04. The SMILES string of the molecule is CC(=NNS(=O)(=O)c1ccc(F)cc1)c1cccc(NC(=O)c2csc3c2CCCC3)c1. The highest BCUT2D eigenvalue weighted by Crippen LogP contribution is 2.30. The summed E-state index contributed by atoms with van der Waals surface area (Å²) in [7, 11) is -3.92. The van der Waals surface area contributed by atoms with Crippen LogP contribution in [0.3, 0.4) is 0 Å². The fourth-order valence-electron chi connectivity index (χ4n) is 3.56. The van der Waals surface area contributed by atoms with Gasteiger partial charge in [-0.05, 0) is 80.1 Å². The van der Waals surface area contributed by atoms with Crippen molar-refractivity contribution in [2.45, 2.75) is 37.5 Å². The quantitative estimate of drug-likeness (QED) is 0.403. The summed E-state index contributed by atoms with van der Waals surface area (Å²) in [6, 6.07) is 11.5. The molecule has 0 atom stereocenters. The van der Waals surface area contributed by atoms with Crippen LogP contribution in [0, 0.1) is 5.82 Å². The molecule has 2 aromatic carbocycles. The molecule has 9 heteroatoms. The van der Waals surface area contributed by atoms with Crippen molar-refractivity contribution in [3.63, 3.8) is 0 Å². The lowest BCUT2D eigenvalue weighted by atomic mass is 9.95. The van der Waals surface area contributed by atoms with Crippen LogP contribution in [-0.4, -0.2) is 20.0 Å². The van der Waals surface area contributed by atoms with Gasteiger partial charge in [0.25, 0.3) is 15.9 Å². The molecular formula is C23H22FN3O3S2. The third-order valence-electron chi connectivity index (χ3n) is 5.30. The van der Waals surface area contributed by atoms with Gasteiger partial charge in [-0.15, -0.1) is 11.3 Å². The van der Waals surface area contributed by atoms with Crippen molar-refractivity contribution < 1.29 is 17.6 Å². The molecule has 1 heterocycles. The monoisotopic (exact) mass is 471 g/mol. The van der Waals surface area contributed by atoms with Gasteiger partial charge < -0.3 is 5.32 Å². The summed E-state index contributed by atoms with van der Waals surface area (Å²) in [4.78, 5) is 16.2. The van der Waals surface area contributed by atoms with E-state index in [4.69, 9.17) is 0 Å². The highest BCUT2D eigenvalue weighted by Gasteiger charge is 2.20. The zero-order valence-corrected chi connectivity index (χ0v) is 19.0. The molecule has 0 aliphatic heterocycles. The van der Waals surface area contributed by atoms with Gasteiger partial charge in [-0.25, -0.2) is 4.39 Å². The Morgan fingerprint density at radius 3 is 2.62 bits per heavy atom. The lowest BCUT2D eigenvalue weighted by Crippen LogP contribution is -2.20. The fourth-order valence-corrected chi connectivity index (χ4v) is 5.55. The summed E-state index contributed by atoms with van der Waals surface area (Å²) in [6.45, 7) is 1.66. The molecule has 1 amide bonds. The highest BCUT2D eigenvalue weighted by molar-refractivity contribution is 7.89. The van der Waals surface area contributed by atoms with Gasteiger partial charge in [0.15, 0.2) is 0 Å². The van der Waals surface area contributed by atoms with Gasteiger partial charge in [0.2, 0.25) is 0 Å². The fraction of sp³-hybridized carbons (Fsp3) is 0.217. The van der Waals surface area contributed by atoms with Gasteiger partial charge >= 0.3 is 0 Å². The standard InChI is InChI=1S/C23H22FN3O3S2/c1-15(26-27-32(29,30)19-11-9-17(24)10-12-19)16-5-4-6-18(13-16)25-23(28)21-14-31-22-8-3-2-7-20(21)22/h4-6,9-14,27H,2-3,7-8H2,1H3,(H,25,28). The molecule has 1 aliphatic rings. The number of hydrazone groups is 1. The van der Waals surface area contributed by atoms with Crippen molar-refractivity contribution in [2.24, 2.45) is 5.10 Å². The summed E-state index contributed by atoms with van der Waals surface area (Å²) >= 11 is 1.64. The number of sulfonamides is 1. The summed E-state index contributed by atoms with van der Waals surface area (Å²) in [5.41, 5.74) is 3.55. The molecule has 0 bridgehead atoms. The van der Waals surface area contributed by atoms with Crippen molar-refractivity contribution >= 4 is 38.7 Å². The predicted octanol–water partition coefficient (Wildman–Crippen LogP) is 4.72. The van der Waals surface area contributed by atoms with E-state index < -0.39 is 15.8 Å². The minimum absolute atomic E-state index is 0.0874. The number of aryl methyl sites for hydroxylation is 1. The molecule has 3 aromatic rings. The van der Waals surface area contributed by atoms with Crippen LogP contribution in [0.25, 0.3) is 0 Å². The molecule has 1 aromatic heterocycles. The molecule has 6 nitrogen and oxygen atoms in total. The van der Waals surface area contributed by atoms with Crippen LogP contribution < -0.4 is 10.1 Å². The molecule has 0 unspecified atom stereocenters. The molecular weight excluding hydrogens is 449 g/mol. The number of carbonyl (C=O) groups is 1. The summed E-state index contributed by atoms with van der Waals surface area (Å²) in [6.07, 6.45) is 4.23. The number of fused-ring (bicyclic) bond motifs is 1. The van der Waals surface area contributed by atoms with E-state index in [0.29, 0.717) is 17.0 Å². The van der Waals surface area contributed by atoms with Crippen LogP contribution in [0.2, 0.25) is 0 Å². The Morgan fingerprint density at radius 2 is 1.84 bits per heavy atom. The number of benzene rings is 2. The molecule has 166 valence electrons. The van der Waals surface area contributed by atoms with Crippen molar-refractivity contribution in [1.82, 2.24) is 4.83 Å². The van der Waals surface area contributed by atoms with Crippen molar-refractivity contribution in [2.75, 3.05) is 5.32 Å². The Labute approximate surface area is 190 Å². The third kappa shape index (κ3) is 4.89. The number of anilines is 1. The molecule has 0 saturated carbocycles. The molecule has 4 rings (SSSR count). The largest absolute Gasteiger partial charge is 0.322 e. The molecule has 0 fully saturated rings. The first-order valence-corrected chi connectivity index (χ1v) is 12.5. The number of hydrogen-bond acceptors (Lipinski definition) is 5. The molecule has 0 saturated heterocycles. The number of nitrogens with zero attached hydrogens (tertiary/aromatic N) is 1. The number of rotatable bonds is 6. The predicted molar refractivity (Wildman–Crippen MR) is 124 cm³/mol. The van der Waals surface area contributed by atoms with E-state index >= 15 is 0 Å². The number of thiophene rings is 1. The van der Waals surface area contributed by atoms with Crippen molar-refractivity contribution in [1.29, 1.82) is 0 Å². The smallest absolute Gasteiger partial charge is 0.276 e. The molecule has 1 aliphatic carbocycles. The van der Waals surface area contributed by atoms with Crippen LogP contribution in [0.1, 0.15) is 46.1 Å². The average Bonchev–Trinajstić information content (AvgIpc) is 3.22. The first kappa shape index (κ1) is 22.2. The first-order valence-electron chi connectivity index (χ1n) is 10.2.